The number of nitrogens with zero attached hydrogens (tertiary/aromatic N) is 3. The van der Waals surface area contributed by atoms with Gasteiger partial charge >= 0.3 is 11.1 Å². The standard InChI is InChI=1S/C23H26N4O4/c1-15-6-4-5-7-16(15)12-21(28)24-17-13-19-20(26(3)23(30)22(29)25(19)2)14-18(17)27-8-10-31-11-9-27/h4-7,13-14H,8-12H2,1-3H3,(H,24,28). The van der Waals surface area contributed by atoms with Crippen LogP contribution in [0.15, 0.2) is 46.0 Å². The molecule has 0 bridgehead atoms. The Morgan fingerprint density at radius 3 is 2.26 bits per heavy atom. The van der Waals surface area contributed by atoms with Crippen LogP contribution in [0.5, 0.6) is 0 Å². The molecule has 162 valence electrons. The van der Waals surface area contributed by atoms with E-state index in [1.165, 1.54) is 9.13 Å². The average molecular weight is 422 g/mol. The summed E-state index contributed by atoms with van der Waals surface area (Å²) in [6, 6.07) is 11.4. The lowest BCUT2D eigenvalue weighted by Crippen LogP contribution is -2.40. The first kappa shape index (κ1) is 20.9. The summed E-state index contributed by atoms with van der Waals surface area (Å²) in [5, 5.41) is 3.03. The Labute approximate surface area is 179 Å². The van der Waals surface area contributed by atoms with Crippen LogP contribution in [0.1, 0.15) is 11.1 Å². The fraction of sp³-hybridized carbons (Fsp3) is 0.348. The van der Waals surface area contributed by atoms with Crippen LogP contribution < -0.4 is 21.3 Å². The highest BCUT2D eigenvalue weighted by molar-refractivity contribution is 5.99. The van der Waals surface area contributed by atoms with Gasteiger partial charge in [0.15, 0.2) is 0 Å². The van der Waals surface area contributed by atoms with Crippen molar-refractivity contribution in [3.63, 3.8) is 0 Å². The molecule has 8 heteroatoms. The van der Waals surface area contributed by atoms with Gasteiger partial charge in [0.05, 0.1) is 42.0 Å². The zero-order chi connectivity index (χ0) is 22.1. The number of nitrogens with one attached hydrogen (secondary N) is 1. The Kier molecular flexibility index (Phi) is 5.65. The number of fused-ring (bicyclic) bond motifs is 1. The number of hydrogen-bond donors (Lipinski definition) is 1. The van der Waals surface area contributed by atoms with E-state index in [0.717, 1.165) is 16.8 Å². The number of carbonyl (C=O) groups excluding carboxylic acids is 1. The second-order valence-corrected chi connectivity index (χ2v) is 7.84. The molecular formula is C23H26N4O4. The van der Waals surface area contributed by atoms with Crippen LogP contribution in [0.3, 0.4) is 0 Å². The van der Waals surface area contributed by atoms with Crippen molar-refractivity contribution in [2.75, 3.05) is 36.5 Å². The second-order valence-electron chi connectivity index (χ2n) is 7.84. The van der Waals surface area contributed by atoms with Crippen LogP contribution >= 0.6 is 0 Å². The van der Waals surface area contributed by atoms with Crippen LogP contribution in [-0.2, 0) is 30.0 Å². The first-order valence-corrected chi connectivity index (χ1v) is 10.3. The molecule has 0 atom stereocenters. The van der Waals surface area contributed by atoms with Crippen molar-refractivity contribution in [1.82, 2.24) is 9.13 Å². The van der Waals surface area contributed by atoms with Gasteiger partial charge in [-0.15, -0.1) is 0 Å². The fourth-order valence-electron chi connectivity index (χ4n) is 3.95. The molecule has 8 nitrogen and oxygen atoms in total. The number of amides is 1. The second kappa shape index (κ2) is 8.39. The molecule has 0 saturated carbocycles. The number of aryl methyl sites for hydroxylation is 3. The van der Waals surface area contributed by atoms with Crippen molar-refractivity contribution in [1.29, 1.82) is 0 Å². The molecule has 0 aliphatic carbocycles. The van der Waals surface area contributed by atoms with Gasteiger partial charge < -0.3 is 24.1 Å². The zero-order valence-electron chi connectivity index (χ0n) is 18.0. The van der Waals surface area contributed by atoms with Gasteiger partial charge in [-0.25, -0.2) is 0 Å². The van der Waals surface area contributed by atoms with E-state index >= 15 is 0 Å². The molecule has 2 heterocycles. The van der Waals surface area contributed by atoms with Crippen molar-refractivity contribution in [2.45, 2.75) is 13.3 Å². The third-order valence-corrected chi connectivity index (χ3v) is 5.85. The molecule has 3 aromatic rings. The largest absolute Gasteiger partial charge is 0.378 e. The summed E-state index contributed by atoms with van der Waals surface area (Å²) in [5.41, 5.74) is 3.46. The molecule has 2 aromatic carbocycles. The van der Waals surface area contributed by atoms with Crippen LogP contribution in [0.4, 0.5) is 11.4 Å². The molecule has 31 heavy (non-hydrogen) atoms. The Morgan fingerprint density at radius 1 is 1.00 bits per heavy atom. The molecular weight excluding hydrogens is 396 g/mol. The number of carbonyl (C=O) groups is 1. The molecule has 4 rings (SSSR count). The minimum atomic E-state index is -0.605. The predicted molar refractivity (Wildman–Crippen MR) is 121 cm³/mol. The average Bonchev–Trinajstić information content (AvgIpc) is 2.78. The Hall–Kier alpha value is -3.39. The highest BCUT2D eigenvalue weighted by Gasteiger charge is 2.20. The maximum absolute atomic E-state index is 12.9. The van der Waals surface area contributed by atoms with Crippen molar-refractivity contribution >= 4 is 28.3 Å². The number of morpholine rings is 1. The number of benzene rings is 2. The summed E-state index contributed by atoms with van der Waals surface area (Å²) >= 11 is 0. The van der Waals surface area contributed by atoms with Gasteiger partial charge in [0.25, 0.3) is 0 Å². The Bertz CT molecular complexity index is 1270. The number of anilines is 2. The third kappa shape index (κ3) is 3.98. The molecule has 1 aliphatic heterocycles. The van der Waals surface area contributed by atoms with E-state index in [-0.39, 0.29) is 12.3 Å². The third-order valence-electron chi connectivity index (χ3n) is 5.85. The Balaban J connectivity index is 1.79. The zero-order valence-corrected chi connectivity index (χ0v) is 18.0. The van der Waals surface area contributed by atoms with Gasteiger partial charge in [-0.05, 0) is 30.2 Å². The monoisotopic (exact) mass is 422 g/mol. The molecule has 1 fully saturated rings. The fourth-order valence-corrected chi connectivity index (χ4v) is 3.95. The van der Waals surface area contributed by atoms with Gasteiger partial charge in [-0.1, -0.05) is 24.3 Å². The minimum absolute atomic E-state index is 0.141. The Morgan fingerprint density at radius 2 is 1.61 bits per heavy atom. The van der Waals surface area contributed by atoms with Crippen LogP contribution in [0.2, 0.25) is 0 Å². The maximum Gasteiger partial charge on any atom is 0.316 e. The lowest BCUT2D eigenvalue weighted by Gasteiger charge is -2.31. The van der Waals surface area contributed by atoms with Crippen LogP contribution in [0, 0.1) is 6.92 Å². The van der Waals surface area contributed by atoms with Crippen molar-refractivity contribution < 1.29 is 9.53 Å². The number of ether oxygens (including phenoxy) is 1. The molecule has 0 spiro atoms. The van der Waals surface area contributed by atoms with E-state index in [1.54, 1.807) is 20.2 Å². The van der Waals surface area contributed by atoms with Crippen molar-refractivity contribution in [2.24, 2.45) is 14.1 Å². The van der Waals surface area contributed by atoms with Crippen molar-refractivity contribution in [3.05, 3.63) is 68.2 Å². The molecule has 1 saturated heterocycles. The molecule has 1 amide bonds. The number of aromatic nitrogens is 2. The molecule has 0 unspecified atom stereocenters. The van der Waals surface area contributed by atoms with Crippen LogP contribution in [0.25, 0.3) is 11.0 Å². The lowest BCUT2D eigenvalue weighted by atomic mass is 10.1. The molecule has 1 aromatic heterocycles. The summed E-state index contributed by atoms with van der Waals surface area (Å²) < 4.78 is 8.16. The minimum Gasteiger partial charge on any atom is -0.378 e. The SMILES string of the molecule is Cc1ccccc1CC(=O)Nc1cc2c(cc1N1CCOCC1)n(C)c(=O)c(=O)n2C. The predicted octanol–water partition coefficient (Wildman–Crippen LogP) is 1.56. The molecule has 1 aliphatic rings. The molecule has 0 radical (unpaired) electrons. The lowest BCUT2D eigenvalue weighted by molar-refractivity contribution is -0.115. The maximum atomic E-state index is 12.9. The highest BCUT2D eigenvalue weighted by Crippen LogP contribution is 2.31. The van der Waals surface area contributed by atoms with Gasteiger partial charge in [0.1, 0.15) is 0 Å². The summed E-state index contributed by atoms with van der Waals surface area (Å²) in [4.78, 5) is 39.7. The van der Waals surface area contributed by atoms with Gasteiger partial charge in [-0.2, -0.15) is 0 Å². The smallest absolute Gasteiger partial charge is 0.316 e. The van der Waals surface area contributed by atoms with Gasteiger partial charge in [0.2, 0.25) is 5.91 Å². The summed E-state index contributed by atoms with van der Waals surface area (Å²) in [6.07, 6.45) is 0.249. The van der Waals surface area contributed by atoms with E-state index in [2.05, 4.69) is 10.2 Å². The van der Waals surface area contributed by atoms with E-state index in [0.29, 0.717) is 43.0 Å². The first-order chi connectivity index (χ1) is 14.9. The topological polar surface area (TPSA) is 85.6 Å². The summed E-state index contributed by atoms with van der Waals surface area (Å²) in [5.74, 6) is -0.141. The van der Waals surface area contributed by atoms with E-state index in [1.807, 2.05) is 37.3 Å². The summed E-state index contributed by atoms with van der Waals surface area (Å²) in [7, 11) is 3.16. The van der Waals surface area contributed by atoms with E-state index < -0.39 is 11.1 Å². The molecule has 1 N–H and O–H groups in total. The quantitative estimate of drug-likeness (QED) is 0.645. The van der Waals surface area contributed by atoms with Gasteiger partial charge in [-0.3, -0.25) is 14.4 Å². The normalized spacial score (nSPS) is 14.1. The first-order valence-electron chi connectivity index (χ1n) is 10.3. The number of rotatable bonds is 4. The van der Waals surface area contributed by atoms with E-state index in [9.17, 15) is 14.4 Å². The van der Waals surface area contributed by atoms with Gasteiger partial charge in [0, 0.05) is 27.2 Å². The number of hydrogen-bond acceptors (Lipinski definition) is 5. The van der Waals surface area contributed by atoms with Crippen LogP contribution in [-0.4, -0.2) is 41.3 Å². The van der Waals surface area contributed by atoms with E-state index in [4.69, 9.17) is 4.74 Å². The highest BCUT2D eigenvalue weighted by atomic mass is 16.5. The summed E-state index contributed by atoms with van der Waals surface area (Å²) in [6.45, 7) is 4.49. The van der Waals surface area contributed by atoms with Crippen molar-refractivity contribution in [3.8, 4) is 0 Å².